The van der Waals surface area contributed by atoms with E-state index in [-0.39, 0.29) is 5.91 Å². The third-order valence-corrected chi connectivity index (χ3v) is 11.7. The average Bonchev–Trinajstić information content (AvgIpc) is 3.96. The van der Waals surface area contributed by atoms with E-state index in [0.717, 1.165) is 84.8 Å². The van der Waals surface area contributed by atoms with Crippen molar-refractivity contribution in [1.29, 1.82) is 0 Å². The molecule has 6 rings (SSSR count). The van der Waals surface area contributed by atoms with E-state index in [1.54, 1.807) is 13.8 Å². The second-order valence-corrected chi connectivity index (χ2v) is 17.0. The Balaban J connectivity index is 1.19. The number of hydrogen-bond acceptors (Lipinski definition) is 7. The Morgan fingerprint density at radius 1 is 0.964 bits per heavy atom. The van der Waals surface area contributed by atoms with Crippen LogP contribution in [0.2, 0.25) is 0 Å². The zero-order chi connectivity index (χ0) is 39.7. The molecule has 56 heavy (non-hydrogen) atoms. The Morgan fingerprint density at radius 2 is 1.71 bits per heavy atom. The number of nitrogens with one attached hydrogen (secondary N) is 1. The van der Waals surface area contributed by atoms with Crippen molar-refractivity contribution >= 4 is 40.1 Å². The first-order valence-electron chi connectivity index (χ1n) is 20.0. The highest BCUT2D eigenvalue weighted by atomic mass is 32.2. The molecule has 298 valence electrons. The summed E-state index contributed by atoms with van der Waals surface area (Å²) in [6.45, 7) is 11.3. The number of carboxylic acid groups (broad SMARTS) is 1. The fraction of sp³-hybridized carbons (Fsp3) is 0.444. The normalized spacial score (nSPS) is 15.0. The molecule has 2 aliphatic rings. The van der Waals surface area contributed by atoms with E-state index in [1.807, 2.05) is 73.1 Å². The molecule has 1 aromatic heterocycles. The van der Waals surface area contributed by atoms with Crippen LogP contribution in [-0.2, 0) is 37.4 Å². The van der Waals surface area contributed by atoms with Gasteiger partial charge in [0.15, 0.2) is 0 Å². The smallest absolute Gasteiger partial charge is 0.310 e. The molecule has 1 saturated carbocycles. The minimum Gasteiger partial charge on any atom is -0.491 e. The Morgan fingerprint density at radius 3 is 2.41 bits per heavy atom. The number of carbonyl (C=O) groups is 2. The molecule has 3 aromatic carbocycles. The van der Waals surface area contributed by atoms with Gasteiger partial charge in [-0.3, -0.25) is 13.8 Å². The lowest BCUT2D eigenvalue weighted by atomic mass is 9.91. The van der Waals surface area contributed by atoms with Crippen molar-refractivity contribution in [2.75, 3.05) is 43.1 Å². The zero-order valence-corrected chi connectivity index (χ0v) is 34.0. The first-order valence-corrected chi connectivity index (χ1v) is 21.4. The Hall–Kier alpha value is -4.74. The standard InChI is InChI=1S/C45H56N4O6S/c1-5-7-24-54-25-26-55-38-17-12-32(13-18-38)34-14-21-40-36(27-34)28-35(9-8-23-48(40)30-45(3,4)44(51)52)43(50)47-37-15-19-39(20-16-37)56(53)29-41-42(33-10-11-33)46-31-49(41)22-6-2/h12-21,27-28,31,33H,5-11,22-26,29-30H2,1-4H3,(H,47,50)(H,51,52)/t56-/m1/s1. The van der Waals surface area contributed by atoms with Crippen molar-refractivity contribution in [2.45, 2.75) is 95.8 Å². The highest BCUT2D eigenvalue weighted by Gasteiger charge is 2.32. The summed E-state index contributed by atoms with van der Waals surface area (Å²) < 4.78 is 27.2. The molecule has 0 unspecified atom stereocenters. The van der Waals surface area contributed by atoms with Crippen molar-refractivity contribution < 1.29 is 28.4 Å². The maximum absolute atomic E-state index is 13.9. The summed E-state index contributed by atoms with van der Waals surface area (Å²) in [7, 11) is -1.26. The van der Waals surface area contributed by atoms with Gasteiger partial charge in [-0.05, 0) is 124 Å². The monoisotopic (exact) mass is 780 g/mol. The highest BCUT2D eigenvalue weighted by molar-refractivity contribution is 7.84. The molecule has 1 atom stereocenters. The van der Waals surface area contributed by atoms with Gasteiger partial charge in [0.25, 0.3) is 5.91 Å². The maximum Gasteiger partial charge on any atom is 0.310 e. The van der Waals surface area contributed by atoms with Crippen molar-refractivity contribution in [1.82, 2.24) is 9.55 Å². The number of nitrogens with zero attached hydrogens (tertiary/aromatic N) is 3. The molecule has 1 amide bonds. The summed E-state index contributed by atoms with van der Waals surface area (Å²) in [4.78, 5) is 33.5. The van der Waals surface area contributed by atoms with Gasteiger partial charge in [0.2, 0.25) is 0 Å². The van der Waals surface area contributed by atoms with Crippen LogP contribution >= 0.6 is 0 Å². The second-order valence-electron chi connectivity index (χ2n) is 15.5. The summed E-state index contributed by atoms with van der Waals surface area (Å²) in [5.41, 5.74) is 6.14. The minimum absolute atomic E-state index is 0.202. The molecule has 10 nitrogen and oxygen atoms in total. The van der Waals surface area contributed by atoms with Gasteiger partial charge in [-0.2, -0.15) is 0 Å². The van der Waals surface area contributed by atoms with Gasteiger partial charge in [-0.15, -0.1) is 0 Å². The highest BCUT2D eigenvalue weighted by Crippen LogP contribution is 2.41. The Kier molecular flexibility index (Phi) is 13.8. The van der Waals surface area contributed by atoms with E-state index in [0.29, 0.717) is 67.0 Å². The molecule has 0 radical (unpaired) electrons. The quantitative estimate of drug-likeness (QED) is 0.0905. The van der Waals surface area contributed by atoms with Gasteiger partial charge in [0, 0.05) is 54.0 Å². The summed E-state index contributed by atoms with van der Waals surface area (Å²) in [5.74, 6) is 0.604. The number of rotatable bonds is 19. The van der Waals surface area contributed by atoms with E-state index in [9.17, 15) is 18.9 Å². The first-order chi connectivity index (χ1) is 27.1. The van der Waals surface area contributed by atoms with Crippen LogP contribution < -0.4 is 15.0 Å². The van der Waals surface area contributed by atoms with E-state index in [4.69, 9.17) is 9.47 Å². The molecule has 1 aliphatic carbocycles. The number of ether oxygens (including phenoxy) is 2. The molecule has 11 heteroatoms. The number of hydrogen-bond donors (Lipinski definition) is 2. The first kappa shape index (κ1) is 40.9. The summed E-state index contributed by atoms with van der Waals surface area (Å²) >= 11 is 0. The Labute approximate surface area is 333 Å². The van der Waals surface area contributed by atoms with Gasteiger partial charge >= 0.3 is 5.97 Å². The molecule has 2 N–H and O–H groups in total. The topological polar surface area (TPSA) is 123 Å². The molecule has 2 heterocycles. The van der Waals surface area contributed by atoms with Crippen LogP contribution in [0.15, 0.2) is 83.5 Å². The molecular formula is C45H56N4O6S. The average molecular weight is 781 g/mol. The zero-order valence-electron chi connectivity index (χ0n) is 33.2. The number of imidazole rings is 1. The van der Waals surface area contributed by atoms with Crippen LogP contribution in [0, 0.1) is 5.41 Å². The van der Waals surface area contributed by atoms with Crippen molar-refractivity contribution in [3.05, 3.63) is 95.6 Å². The fourth-order valence-corrected chi connectivity index (χ4v) is 8.17. The van der Waals surface area contributed by atoms with Gasteiger partial charge in [-0.25, -0.2) is 4.98 Å². The number of amides is 1. The SMILES string of the molecule is CCCCOCCOc1ccc(-c2ccc3c(c2)C=C(C(=O)Nc2ccc([S@](=O)Cc4c(C5CC5)ncn4CCC)cc2)CCCN3CC(C)(C)C(=O)O)cc1. The lowest BCUT2D eigenvalue weighted by Crippen LogP contribution is -2.40. The summed E-state index contributed by atoms with van der Waals surface area (Å²) in [6, 6.07) is 21.4. The van der Waals surface area contributed by atoms with Crippen molar-refractivity contribution in [3.8, 4) is 16.9 Å². The van der Waals surface area contributed by atoms with Gasteiger partial charge in [0.1, 0.15) is 12.4 Å². The number of aryl methyl sites for hydroxylation is 1. The van der Waals surface area contributed by atoms with E-state index < -0.39 is 22.2 Å². The summed E-state index contributed by atoms with van der Waals surface area (Å²) in [5, 5.41) is 13.0. The molecule has 0 saturated heterocycles. The van der Waals surface area contributed by atoms with Crippen molar-refractivity contribution in [3.63, 3.8) is 0 Å². The van der Waals surface area contributed by atoms with Crippen LogP contribution in [0.1, 0.15) is 95.5 Å². The minimum atomic E-state index is -1.26. The van der Waals surface area contributed by atoms with Crippen LogP contribution in [0.3, 0.4) is 0 Å². The number of aromatic nitrogens is 2. The van der Waals surface area contributed by atoms with E-state index in [2.05, 4.69) is 39.7 Å². The van der Waals surface area contributed by atoms with Gasteiger partial charge < -0.3 is 29.4 Å². The number of benzene rings is 3. The summed E-state index contributed by atoms with van der Waals surface area (Å²) in [6.07, 6.45) is 10.4. The number of anilines is 2. The molecule has 0 bridgehead atoms. The predicted octanol–water partition coefficient (Wildman–Crippen LogP) is 9.07. The van der Waals surface area contributed by atoms with Crippen LogP contribution in [0.4, 0.5) is 11.4 Å². The molecule has 1 fully saturated rings. The molecule has 1 aliphatic heterocycles. The number of carboxylic acids is 1. The van der Waals surface area contributed by atoms with Crippen LogP contribution in [0.25, 0.3) is 17.2 Å². The molecular weight excluding hydrogens is 725 g/mol. The number of aliphatic carboxylic acids is 1. The third-order valence-electron chi connectivity index (χ3n) is 10.4. The maximum atomic E-state index is 13.9. The van der Waals surface area contributed by atoms with E-state index >= 15 is 0 Å². The van der Waals surface area contributed by atoms with Crippen molar-refractivity contribution in [2.24, 2.45) is 5.41 Å². The lowest BCUT2D eigenvalue weighted by molar-refractivity contribution is -0.146. The fourth-order valence-electron chi connectivity index (χ4n) is 7.00. The lowest BCUT2D eigenvalue weighted by Gasteiger charge is -2.34. The number of fused-ring (bicyclic) bond motifs is 1. The van der Waals surface area contributed by atoms with Gasteiger partial charge in [-0.1, -0.05) is 38.5 Å². The third kappa shape index (κ3) is 10.6. The predicted molar refractivity (Wildman–Crippen MR) is 224 cm³/mol. The molecule has 4 aromatic rings. The van der Waals surface area contributed by atoms with Gasteiger partial charge in [0.05, 0.1) is 46.3 Å². The van der Waals surface area contributed by atoms with Crippen LogP contribution in [0.5, 0.6) is 5.75 Å². The Bertz CT molecular complexity index is 2020. The van der Waals surface area contributed by atoms with Crippen LogP contribution in [-0.4, -0.2) is 63.7 Å². The molecule has 0 spiro atoms. The largest absolute Gasteiger partial charge is 0.491 e. The van der Waals surface area contributed by atoms with E-state index in [1.165, 1.54) is 0 Å². The second kappa shape index (κ2) is 18.9. The number of carbonyl (C=O) groups excluding carboxylic acids is 1. The number of unbranched alkanes of at least 4 members (excludes halogenated alkanes) is 1.